The molecule has 160 valence electrons. The fourth-order valence-electron chi connectivity index (χ4n) is 5.66. The SMILES string of the molecule is CC1CCC2C(C)C(OCC(=O)O)(C(F)(F)F)OC3OC4(C)CCC1C32OO4. The molecule has 8 atom stereocenters. The fraction of sp³-hybridized carbons (Fsp3) is 0.944. The third-order valence-corrected chi connectivity index (χ3v) is 7.07. The zero-order valence-corrected chi connectivity index (χ0v) is 16.0. The Kier molecular flexibility index (Phi) is 4.56. The van der Waals surface area contributed by atoms with E-state index in [4.69, 9.17) is 29.1 Å². The summed E-state index contributed by atoms with van der Waals surface area (Å²) in [6.45, 7) is 3.89. The Bertz CT molecular complexity index is 658. The molecule has 4 aliphatic heterocycles. The summed E-state index contributed by atoms with van der Waals surface area (Å²) in [5, 5.41) is 8.92. The highest BCUT2D eigenvalue weighted by Gasteiger charge is 2.77. The van der Waals surface area contributed by atoms with E-state index in [1.54, 1.807) is 6.92 Å². The Hall–Kier alpha value is -0.940. The number of ether oxygens (including phenoxy) is 3. The average Bonchev–Trinajstić information content (AvgIpc) is 2.82. The van der Waals surface area contributed by atoms with Gasteiger partial charge >= 0.3 is 12.1 Å². The predicted molar refractivity (Wildman–Crippen MR) is 85.4 cm³/mol. The van der Waals surface area contributed by atoms with Crippen molar-refractivity contribution in [3.8, 4) is 0 Å². The van der Waals surface area contributed by atoms with Crippen molar-refractivity contribution in [3.05, 3.63) is 0 Å². The predicted octanol–water partition coefficient (Wildman–Crippen LogP) is 3.23. The van der Waals surface area contributed by atoms with Gasteiger partial charge in [0.15, 0.2) is 11.9 Å². The molecule has 1 N–H and O–H groups in total. The minimum Gasteiger partial charge on any atom is -0.480 e. The highest BCUT2D eigenvalue weighted by Crippen LogP contribution is 2.64. The summed E-state index contributed by atoms with van der Waals surface area (Å²) in [5.74, 6) is -7.60. The van der Waals surface area contributed by atoms with Crippen molar-refractivity contribution in [1.29, 1.82) is 0 Å². The van der Waals surface area contributed by atoms with Crippen LogP contribution in [0.4, 0.5) is 13.2 Å². The number of alkyl halides is 3. The lowest BCUT2D eigenvalue weighted by molar-refractivity contribution is -0.598. The summed E-state index contributed by atoms with van der Waals surface area (Å²) in [6, 6.07) is 0. The van der Waals surface area contributed by atoms with Gasteiger partial charge < -0.3 is 19.3 Å². The van der Waals surface area contributed by atoms with E-state index >= 15 is 0 Å². The van der Waals surface area contributed by atoms with Crippen molar-refractivity contribution in [3.63, 3.8) is 0 Å². The Labute approximate surface area is 160 Å². The second-order valence-corrected chi connectivity index (χ2v) is 8.66. The van der Waals surface area contributed by atoms with Crippen LogP contribution in [0.2, 0.25) is 0 Å². The number of halogens is 3. The summed E-state index contributed by atoms with van der Waals surface area (Å²) in [4.78, 5) is 22.3. The number of hydrogen-bond donors (Lipinski definition) is 1. The van der Waals surface area contributed by atoms with Crippen molar-refractivity contribution in [2.75, 3.05) is 6.61 Å². The number of carbonyl (C=O) groups is 1. The lowest BCUT2D eigenvalue weighted by atomic mass is 9.57. The Morgan fingerprint density at radius 3 is 2.50 bits per heavy atom. The van der Waals surface area contributed by atoms with Crippen LogP contribution in [-0.4, -0.2) is 47.3 Å². The van der Waals surface area contributed by atoms with Crippen LogP contribution in [0.1, 0.15) is 46.5 Å². The molecule has 2 bridgehead atoms. The number of rotatable bonds is 3. The molecule has 5 aliphatic rings. The van der Waals surface area contributed by atoms with E-state index in [-0.39, 0.29) is 11.8 Å². The summed E-state index contributed by atoms with van der Waals surface area (Å²) < 4.78 is 59.0. The highest BCUT2D eigenvalue weighted by atomic mass is 19.4. The van der Waals surface area contributed by atoms with Crippen LogP contribution in [0, 0.1) is 23.7 Å². The van der Waals surface area contributed by atoms with Crippen LogP contribution >= 0.6 is 0 Å². The van der Waals surface area contributed by atoms with Crippen LogP contribution in [0.15, 0.2) is 0 Å². The molecule has 0 radical (unpaired) electrons. The molecule has 0 aromatic carbocycles. The monoisotopic (exact) mass is 410 g/mol. The zero-order chi connectivity index (χ0) is 20.5. The second-order valence-electron chi connectivity index (χ2n) is 8.66. The molecule has 4 heterocycles. The molecule has 1 aliphatic carbocycles. The Balaban J connectivity index is 1.81. The Morgan fingerprint density at radius 2 is 1.86 bits per heavy atom. The maximum atomic E-state index is 14.2. The van der Waals surface area contributed by atoms with Crippen molar-refractivity contribution in [1.82, 2.24) is 0 Å². The number of aliphatic carboxylic acids is 1. The van der Waals surface area contributed by atoms with Crippen LogP contribution in [0.5, 0.6) is 0 Å². The molecule has 28 heavy (non-hydrogen) atoms. The summed E-state index contributed by atoms with van der Waals surface area (Å²) in [5.41, 5.74) is -1.19. The van der Waals surface area contributed by atoms with Gasteiger partial charge in [-0.2, -0.15) is 13.2 Å². The van der Waals surface area contributed by atoms with Crippen molar-refractivity contribution < 1.29 is 47.1 Å². The largest absolute Gasteiger partial charge is 0.480 e. The van der Waals surface area contributed by atoms with E-state index in [9.17, 15) is 18.0 Å². The molecule has 1 saturated carbocycles. The summed E-state index contributed by atoms with van der Waals surface area (Å²) in [6.07, 6.45) is -4.04. The Morgan fingerprint density at radius 1 is 1.14 bits per heavy atom. The van der Waals surface area contributed by atoms with Gasteiger partial charge in [-0.05, 0) is 38.0 Å². The van der Waals surface area contributed by atoms with Crippen LogP contribution in [-0.2, 0) is 28.8 Å². The second kappa shape index (κ2) is 6.28. The van der Waals surface area contributed by atoms with Gasteiger partial charge in [-0.1, -0.05) is 13.8 Å². The van der Waals surface area contributed by atoms with Gasteiger partial charge in [0, 0.05) is 18.3 Å². The van der Waals surface area contributed by atoms with Gasteiger partial charge in [0.05, 0.1) is 0 Å². The molecule has 0 aromatic heterocycles. The first-order valence-electron chi connectivity index (χ1n) is 9.60. The van der Waals surface area contributed by atoms with E-state index < -0.39 is 54.1 Å². The molecule has 5 rings (SSSR count). The highest BCUT2D eigenvalue weighted by molar-refractivity contribution is 5.68. The van der Waals surface area contributed by atoms with Crippen molar-refractivity contribution in [2.45, 2.75) is 76.1 Å². The molecule has 10 heteroatoms. The average molecular weight is 410 g/mol. The molecule has 1 spiro atoms. The van der Waals surface area contributed by atoms with Crippen LogP contribution in [0.25, 0.3) is 0 Å². The van der Waals surface area contributed by atoms with Crippen LogP contribution in [0.3, 0.4) is 0 Å². The number of fused-ring (bicyclic) bond motifs is 2. The van der Waals surface area contributed by atoms with E-state index in [0.29, 0.717) is 19.3 Å². The standard InChI is InChI=1S/C18H25F3O7/c1-9-4-5-12-10(2)17(18(19,20)21,24-8-13(22)23)26-14-16(12)11(9)6-7-15(3,25-14)27-28-16/h9-12,14H,4-8H2,1-3H3,(H,22,23). The van der Waals surface area contributed by atoms with E-state index in [0.717, 1.165) is 6.42 Å². The molecule has 0 aromatic rings. The third kappa shape index (κ3) is 2.64. The van der Waals surface area contributed by atoms with E-state index in [2.05, 4.69) is 0 Å². The van der Waals surface area contributed by atoms with Gasteiger partial charge in [-0.25, -0.2) is 14.6 Å². The molecular formula is C18H25F3O7. The minimum atomic E-state index is -4.96. The van der Waals surface area contributed by atoms with E-state index in [1.807, 2.05) is 6.92 Å². The summed E-state index contributed by atoms with van der Waals surface area (Å²) >= 11 is 0. The van der Waals surface area contributed by atoms with Crippen molar-refractivity contribution >= 4 is 5.97 Å². The number of carboxylic acid groups (broad SMARTS) is 1. The zero-order valence-electron chi connectivity index (χ0n) is 16.0. The van der Waals surface area contributed by atoms with Crippen LogP contribution < -0.4 is 0 Å². The molecule has 8 unspecified atom stereocenters. The molecule has 7 nitrogen and oxygen atoms in total. The smallest absolute Gasteiger partial charge is 0.443 e. The normalized spacial score (nSPS) is 50.7. The number of carboxylic acids is 1. The lowest BCUT2D eigenvalue weighted by Crippen LogP contribution is -2.76. The third-order valence-electron chi connectivity index (χ3n) is 7.07. The number of hydrogen-bond acceptors (Lipinski definition) is 6. The maximum Gasteiger partial charge on any atom is 0.443 e. The first-order valence-corrected chi connectivity index (χ1v) is 9.60. The van der Waals surface area contributed by atoms with Crippen molar-refractivity contribution in [2.24, 2.45) is 23.7 Å². The fourth-order valence-corrected chi connectivity index (χ4v) is 5.66. The first kappa shape index (κ1) is 20.3. The molecule has 5 fully saturated rings. The van der Waals surface area contributed by atoms with Gasteiger partial charge in [0.1, 0.15) is 6.61 Å². The summed E-state index contributed by atoms with van der Waals surface area (Å²) in [7, 11) is 0. The maximum absolute atomic E-state index is 14.2. The quantitative estimate of drug-likeness (QED) is 0.715. The topological polar surface area (TPSA) is 83.5 Å². The lowest BCUT2D eigenvalue weighted by Gasteiger charge is -2.62. The van der Waals surface area contributed by atoms with E-state index in [1.165, 1.54) is 6.92 Å². The molecular weight excluding hydrogens is 385 g/mol. The van der Waals surface area contributed by atoms with Gasteiger partial charge in [-0.3, -0.25) is 0 Å². The van der Waals surface area contributed by atoms with Gasteiger partial charge in [-0.15, -0.1) is 0 Å². The molecule has 0 amide bonds. The van der Waals surface area contributed by atoms with Gasteiger partial charge in [0.25, 0.3) is 5.79 Å². The molecule has 4 saturated heterocycles. The van der Waals surface area contributed by atoms with Gasteiger partial charge in [0.2, 0.25) is 5.79 Å². The first-order chi connectivity index (χ1) is 13.0. The minimum absolute atomic E-state index is 0.103.